The Bertz CT molecular complexity index is 1800. The molecule has 0 saturated carbocycles. The van der Waals surface area contributed by atoms with Gasteiger partial charge in [-0.3, -0.25) is 4.79 Å². The van der Waals surface area contributed by atoms with Crippen molar-refractivity contribution >= 4 is 107 Å². The highest BCUT2D eigenvalue weighted by Gasteiger charge is 2.62. The number of rotatable bonds is 5. The number of carbonyl (C=O) groups is 1. The number of likely N-dealkylation sites (N-methyl/N-ethyl adjacent to an activating group) is 1. The van der Waals surface area contributed by atoms with E-state index in [4.69, 9.17) is 83.4 Å². The van der Waals surface area contributed by atoms with Gasteiger partial charge in [-0.15, -0.1) is 0 Å². The van der Waals surface area contributed by atoms with Crippen molar-refractivity contribution < 1.29 is 4.79 Å². The van der Waals surface area contributed by atoms with Crippen LogP contribution in [0.15, 0.2) is 24.7 Å². The van der Waals surface area contributed by atoms with E-state index in [0.717, 1.165) is 38.5 Å². The number of aromatic amines is 1. The summed E-state index contributed by atoms with van der Waals surface area (Å²) in [5.74, 6) is -1.15. The molecule has 0 atom stereocenters. The number of aromatic nitrogens is 5. The number of pyridine rings is 2. The zero-order chi connectivity index (χ0) is 33.8. The Morgan fingerprint density at radius 3 is 2.04 bits per heavy atom. The van der Waals surface area contributed by atoms with Crippen LogP contribution in [0.5, 0.6) is 0 Å². The third-order valence-corrected chi connectivity index (χ3v) is 8.92. The first-order valence-corrected chi connectivity index (χ1v) is 14.1. The highest BCUT2D eigenvalue weighted by atomic mass is 16.2. The Balaban J connectivity index is 1.73. The maximum absolute atomic E-state index is 13.7. The van der Waals surface area contributed by atoms with E-state index >= 15 is 0 Å². The van der Waals surface area contributed by atoms with Crippen LogP contribution < -0.4 is 4.90 Å². The van der Waals surface area contributed by atoms with Crippen LogP contribution in [-0.4, -0.2) is 160 Å². The minimum atomic E-state index is -2.56. The van der Waals surface area contributed by atoms with Crippen molar-refractivity contribution in [2.45, 2.75) is 60.3 Å². The lowest BCUT2D eigenvalue weighted by Gasteiger charge is -2.76. The molecule has 9 nitrogen and oxygen atoms in total. The minimum absolute atomic E-state index is 0.0246. The van der Waals surface area contributed by atoms with Crippen LogP contribution in [0.3, 0.4) is 0 Å². The van der Waals surface area contributed by atoms with Crippen LogP contribution in [-0.2, 0) is 4.79 Å². The van der Waals surface area contributed by atoms with E-state index < -0.39 is 32.6 Å². The second kappa shape index (κ2) is 10.3. The number of piperazine rings is 1. The standard InChI is InChI=1S/C26H24B10N8O/c1-11(2)17-18(14-9-42-20(37-10-38-42)13(4)12(14)3)39-15-7-8-16(40-19(15)17)43-23(29,30)25(33,34)44(26(35,36)24(43,31)32)21(45)22(27,28)41(5)6/h7-11,39H,1-6H3. The van der Waals surface area contributed by atoms with E-state index in [2.05, 4.69) is 15.1 Å². The van der Waals surface area contributed by atoms with Gasteiger partial charge in [-0.25, -0.2) is 14.5 Å². The fraction of sp³-hybridized carbons (Fsp3) is 0.462. The van der Waals surface area contributed by atoms with Gasteiger partial charge in [0.1, 0.15) is 12.1 Å². The largest absolute Gasteiger partial charge is 0.378 e. The summed E-state index contributed by atoms with van der Waals surface area (Å²) < 4.78 is 1.72. The number of aryl methyl sites for hydroxylation is 1. The van der Waals surface area contributed by atoms with E-state index in [0.29, 0.717) is 15.9 Å². The molecule has 1 aliphatic rings. The molecule has 20 radical (unpaired) electrons. The highest BCUT2D eigenvalue weighted by Crippen LogP contribution is 2.46. The van der Waals surface area contributed by atoms with Crippen molar-refractivity contribution in [2.75, 3.05) is 19.0 Å². The predicted molar refractivity (Wildman–Crippen MR) is 186 cm³/mol. The van der Waals surface area contributed by atoms with Gasteiger partial charge >= 0.3 is 0 Å². The van der Waals surface area contributed by atoms with Crippen LogP contribution in [0.2, 0.25) is 0 Å². The molecule has 0 bridgehead atoms. The molecule has 1 aliphatic heterocycles. The first-order valence-electron chi connectivity index (χ1n) is 14.1. The third-order valence-electron chi connectivity index (χ3n) is 8.92. The van der Waals surface area contributed by atoms with Crippen molar-refractivity contribution in [2.24, 2.45) is 0 Å². The monoisotopic (exact) mass is 574 g/mol. The fourth-order valence-corrected chi connectivity index (χ4v) is 5.84. The van der Waals surface area contributed by atoms with Gasteiger partial charge in [-0.2, -0.15) is 5.10 Å². The number of carbonyl (C=O) groups excluding carboxylic acids is 1. The molecule has 1 saturated heterocycles. The maximum Gasteiger partial charge on any atom is 0.222 e. The summed E-state index contributed by atoms with van der Waals surface area (Å²) in [6.45, 7) is 8.06. The van der Waals surface area contributed by atoms with Gasteiger partial charge in [-0.1, -0.05) is 13.8 Å². The maximum atomic E-state index is 13.7. The van der Waals surface area contributed by atoms with Gasteiger partial charge in [-0.05, 0) is 78.5 Å². The summed E-state index contributed by atoms with van der Waals surface area (Å²) in [6, 6.07) is 3.29. The Morgan fingerprint density at radius 1 is 0.933 bits per heavy atom. The van der Waals surface area contributed by atoms with Crippen LogP contribution >= 0.6 is 0 Å². The molecule has 204 valence electrons. The van der Waals surface area contributed by atoms with Crippen LogP contribution in [0, 0.1) is 13.8 Å². The molecular weight excluding hydrogens is 548 g/mol. The van der Waals surface area contributed by atoms with Gasteiger partial charge in [0.25, 0.3) is 0 Å². The summed E-state index contributed by atoms with van der Waals surface area (Å²) in [4.78, 5) is 29.2. The van der Waals surface area contributed by atoms with Crippen molar-refractivity contribution in [1.29, 1.82) is 0 Å². The number of fused-ring (bicyclic) bond motifs is 2. The molecule has 5 rings (SSSR count). The number of nitrogens with zero attached hydrogens (tertiary/aromatic N) is 7. The van der Waals surface area contributed by atoms with Crippen molar-refractivity contribution in [3.8, 4) is 11.3 Å². The average molecular weight is 573 g/mol. The van der Waals surface area contributed by atoms with Crippen LogP contribution in [0.25, 0.3) is 27.9 Å². The Morgan fingerprint density at radius 2 is 1.51 bits per heavy atom. The summed E-state index contributed by atoms with van der Waals surface area (Å²) in [6.07, 6.45) is 3.41. The number of nitrogens with one attached hydrogen (secondary N) is 1. The van der Waals surface area contributed by atoms with Crippen molar-refractivity contribution in [3.05, 3.63) is 41.3 Å². The molecule has 45 heavy (non-hydrogen) atoms. The molecule has 1 N–H and O–H groups in total. The lowest BCUT2D eigenvalue weighted by Crippen LogP contribution is -2.94. The third kappa shape index (κ3) is 4.53. The molecule has 0 aromatic carbocycles. The summed E-state index contributed by atoms with van der Waals surface area (Å²) in [7, 11) is 67.6. The molecule has 5 heterocycles. The van der Waals surface area contributed by atoms with Gasteiger partial charge in [0.15, 0.2) is 5.65 Å². The van der Waals surface area contributed by atoms with Gasteiger partial charge in [0.05, 0.1) is 95.2 Å². The fourth-order valence-electron chi connectivity index (χ4n) is 5.84. The van der Waals surface area contributed by atoms with Crippen molar-refractivity contribution in [3.63, 3.8) is 0 Å². The summed E-state index contributed by atoms with van der Waals surface area (Å²) >= 11 is 0. The lowest BCUT2D eigenvalue weighted by atomic mass is 9.26. The van der Waals surface area contributed by atoms with Gasteiger partial charge < -0.3 is 19.7 Å². The molecule has 1 amide bonds. The van der Waals surface area contributed by atoms with Crippen LogP contribution in [0.4, 0.5) is 5.82 Å². The molecule has 4 aromatic rings. The number of amides is 1. The normalized spacial score (nSPS) is 19.1. The number of hydrogen-bond acceptors (Lipinski definition) is 6. The molecule has 0 spiro atoms. The van der Waals surface area contributed by atoms with Gasteiger partial charge in [0.2, 0.25) is 5.91 Å². The number of hydrogen-bond donors (Lipinski definition) is 1. The Labute approximate surface area is 277 Å². The quantitative estimate of drug-likeness (QED) is 0.284. The zero-order valence-corrected chi connectivity index (χ0v) is 26.2. The van der Waals surface area contributed by atoms with E-state index in [1.54, 1.807) is 16.6 Å². The molecule has 19 heteroatoms. The summed E-state index contributed by atoms with van der Waals surface area (Å²) in [5.41, 5.74) is 6.56. The topological polar surface area (TPSA) is 85.7 Å². The average Bonchev–Trinajstić information content (AvgIpc) is 3.54. The number of H-pyrrole nitrogens is 1. The Hall–Kier alpha value is -2.81. The lowest BCUT2D eigenvalue weighted by molar-refractivity contribution is -0.141. The van der Waals surface area contributed by atoms with E-state index in [9.17, 15) is 4.79 Å². The minimum Gasteiger partial charge on any atom is -0.378 e. The first-order chi connectivity index (χ1) is 20.5. The smallest absolute Gasteiger partial charge is 0.222 e. The molecule has 0 aliphatic carbocycles. The SMILES string of the molecule is [B]C([B])(C(=O)N1C([B])([B])C([B])([B])N(c2ccc3[nH]c(-c4cn5ncnc5c(C)c4C)c(C(C)C)c3n2)C([B])([B])C1([B])[B])N(C)C. The second-order valence-electron chi connectivity index (χ2n) is 12.5. The number of anilines is 1. The van der Waals surface area contributed by atoms with Gasteiger partial charge in [0, 0.05) is 22.7 Å². The highest BCUT2D eigenvalue weighted by molar-refractivity contribution is 6.64. The van der Waals surface area contributed by atoms with Crippen LogP contribution in [0.1, 0.15) is 36.5 Å². The molecule has 0 unspecified atom stereocenters. The zero-order valence-electron chi connectivity index (χ0n) is 26.2. The van der Waals surface area contributed by atoms with E-state index in [1.807, 2.05) is 33.9 Å². The second-order valence-corrected chi connectivity index (χ2v) is 12.5. The Kier molecular flexibility index (Phi) is 7.71. The van der Waals surface area contributed by atoms with E-state index in [1.165, 1.54) is 25.3 Å². The molecular formula is C26H24B10N8O. The predicted octanol–water partition coefficient (Wildman–Crippen LogP) is -1.82. The first kappa shape index (κ1) is 33.5. The molecule has 1 fully saturated rings. The molecule has 4 aromatic heterocycles. The van der Waals surface area contributed by atoms with E-state index in [-0.39, 0.29) is 11.7 Å². The van der Waals surface area contributed by atoms with Crippen molar-refractivity contribution in [1.82, 2.24) is 34.4 Å². The summed E-state index contributed by atoms with van der Waals surface area (Å²) in [5, 5.41) is -7.88.